The molecule has 0 fully saturated rings. The minimum Gasteiger partial charge on any atom is -0.488 e. The van der Waals surface area contributed by atoms with E-state index in [4.69, 9.17) is 11.2 Å². The largest absolute Gasteiger partial charge is 0.488 e. The molecular weight excluding hydrogens is 288 g/mol. The summed E-state index contributed by atoms with van der Waals surface area (Å²) in [4.78, 5) is 2.52. The Morgan fingerprint density at radius 3 is 2.55 bits per heavy atom. The maximum absolute atomic E-state index is 5.95. The zero-order valence-electron chi connectivity index (χ0n) is 12.4. The molecule has 22 heavy (non-hydrogen) atoms. The van der Waals surface area contributed by atoms with E-state index >= 15 is 0 Å². The number of terminal acetylenes is 1. The quantitative estimate of drug-likeness (QED) is 0.596. The van der Waals surface area contributed by atoms with Crippen LogP contribution in [-0.2, 0) is 6.61 Å². The summed E-state index contributed by atoms with van der Waals surface area (Å²) in [5, 5.41) is 0. The first-order valence-corrected chi connectivity index (χ1v) is 7.92. The van der Waals surface area contributed by atoms with Crippen LogP contribution in [0.25, 0.3) is 10.4 Å². The molecule has 0 unspecified atom stereocenters. The van der Waals surface area contributed by atoms with Gasteiger partial charge in [-0.1, -0.05) is 42.3 Å². The smallest absolute Gasteiger partial charge is 0.136 e. The highest BCUT2D eigenvalue weighted by Gasteiger charge is 2.07. The van der Waals surface area contributed by atoms with Crippen molar-refractivity contribution in [3.05, 3.63) is 76.7 Å². The van der Waals surface area contributed by atoms with Gasteiger partial charge in [-0.15, -0.1) is 17.8 Å². The van der Waals surface area contributed by atoms with E-state index in [0.717, 1.165) is 22.4 Å². The Labute approximate surface area is 135 Å². The number of ether oxygens (including phenoxy) is 1. The number of hydrogen-bond donors (Lipinski definition) is 0. The van der Waals surface area contributed by atoms with Crippen molar-refractivity contribution in [2.75, 3.05) is 0 Å². The molecule has 0 radical (unpaired) electrons. The first-order valence-electron chi connectivity index (χ1n) is 7.10. The van der Waals surface area contributed by atoms with Gasteiger partial charge in [-0.05, 0) is 42.3 Å². The van der Waals surface area contributed by atoms with E-state index in [1.807, 2.05) is 42.5 Å². The Bertz CT molecular complexity index is 809. The maximum Gasteiger partial charge on any atom is 0.136 e. The highest BCUT2D eigenvalue weighted by molar-refractivity contribution is 7.15. The standard InChI is InChI=1S/C20H16OS/c1-3-17-10-11-18(20-12-9-15(2)22-20)13-19(17)21-14-16-7-5-4-6-8-16/h1,4-13H,14H2,2H3. The van der Waals surface area contributed by atoms with E-state index in [9.17, 15) is 0 Å². The third kappa shape index (κ3) is 3.21. The van der Waals surface area contributed by atoms with Crippen molar-refractivity contribution >= 4 is 11.3 Å². The van der Waals surface area contributed by atoms with Gasteiger partial charge >= 0.3 is 0 Å². The fourth-order valence-electron chi connectivity index (χ4n) is 2.24. The molecule has 0 aliphatic rings. The SMILES string of the molecule is C#Cc1ccc(-c2ccc(C)s2)cc1OCc1ccccc1. The van der Waals surface area contributed by atoms with E-state index in [2.05, 4.69) is 31.0 Å². The van der Waals surface area contributed by atoms with E-state index in [1.165, 1.54) is 9.75 Å². The van der Waals surface area contributed by atoms with E-state index < -0.39 is 0 Å². The van der Waals surface area contributed by atoms with Crippen LogP contribution in [0.4, 0.5) is 0 Å². The number of rotatable bonds is 4. The second kappa shape index (κ2) is 6.51. The first-order chi connectivity index (χ1) is 10.8. The highest BCUT2D eigenvalue weighted by Crippen LogP contribution is 2.32. The second-order valence-corrected chi connectivity index (χ2v) is 6.33. The molecule has 1 aromatic heterocycles. The highest BCUT2D eigenvalue weighted by atomic mass is 32.1. The Hall–Kier alpha value is -2.50. The number of hydrogen-bond acceptors (Lipinski definition) is 2. The second-order valence-electron chi connectivity index (χ2n) is 5.04. The molecule has 0 atom stereocenters. The fourth-order valence-corrected chi connectivity index (χ4v) is 3.10. The Balaban J connectivity index is 1.87. The third-order valence-electron chi connectivity index (χ3n) is 3.40. The lowest BCUT2D eigenvalue weighted by molar-refractivity contribution is 0.305. The molecule has 0 spiro atoms. The van der Waals surface area contributed by atoms with Crippen molar-refractivity contribution in [1.29, 1.82) is 0 Å². The van der Waals surface area contributed by atoms with E-state index in [1.54, 1.807) is 11.3 Å². The fraction of sp³-hybridized carbons (Fsp3) is 0.100. The summed E-state index contributed by atoms with van der Waals surface area (Å²) < 4.78 is 5.95. The van der Waals surface area contributed by atoms with Crippen LogP contribution >= 0.6 is 11.3 Å². The van der Waals surface area contributed by atoms with Crippen LogP contribution in [0.1, 0.15) is 16.0 Å². The lowest BCUT2D eigenvalue weighted by Crippen LogP contribution is -1.97. The molecule has 3 aromatic rings. The van der Waals surface area contributed by atoms with Gasteiger partial charge in [-0.3, -0.25) is 0 Å². The zero-order valence-corrected chi connectivity index (χ0v) is 13.2. The molecule has 2 heteroatoms. The van der Waals surface area contributed by atoms with Crippen molar-refractivity contribution in [3.63, 3.8) is 0 Å². The number of benzene rings is 2. The van der Waals surface area contributed by atoms with E-state index in [0.29, 0.717) is 6.61 Å². The third-order valence-corrected chi connectivity index (χ3v) is 4.45. The van der Waals surface area contributed by atoms with Crippen molar-refractivity contribution in [3.8, 4) is 28.5 Å². The zero-order chi connectivity index (χ0) is 15.4. The van der Waals surface area contributed by atoms with Crippen LogP contribution < -0.4 is 4.74 Å². The lowest BCUT2D eigenvalue weighted by Gasteiger charge is -2.10. The van der Waals surface area contributed by atoms with E-state index in [-0.39, 0.29) is 0 Å². The van der Waals surface area contributed by atoms with Gasteiger partial charge in [0, 0.05) is 9.75 Å². The van der Waals surface area contributed by atoms with Gasteiger partial charge in [0.2, 0.25) is 0 Å². The van der Waals surface area contributed by atoms with Crippen molar-refractivity contribution in [2.24, 2.45) is 0 Å². The minimum absolute atomic E-state index is 0.516. The van der Waals surface area contributed by atoms with Gasteiger partial charge in [0.15, 0.2) is 0 Å². The van der Waals surface area contributed by atoms with Gasteiger partial charge < -0.3 is 4.74 Å². The molecule has 0 amide bonds. The maximum atomic E-state index is 5.95. The van der Waals surface area contributed by atoms with Crippen LogP contribution in [0.2, 0.25) is 0 Å². The summed E-state index contributed by atoms with van der Waals surface area (Å²) >= 11 is 1.77. The summed E-state index contributed by atoms with van der Waals surface area (Å²) in [5.41, 5.74) is 3.05. The summed E-state index contributed by atoms with van der Waals surface area (Å²) in [7, 11) is 0. The van der Waals surface area contributed by atoms with Crippen molar-refractivity contribution < 1.29 is 4.74 Å². The van der Waals surface area contributed by atoms with Crippen LogP contribution in [0.3, 0.4) is 0 Å². The van der Waals surface area contributed by atoms with Gasteiger partial charge in [-0.2, -0.15) is 0 Å². The normalized spacial score (nSPS) is 10.2. The Kier molecular flexibility index (Phi) is 4.27. The molecular formula is C20H16OS. The molecule has 0 aliphatic heterocycles. The molecule has 3 rings (SSSR count). The van der Waals surface area contributed by atoms with Crippen LogP contribution in [0.15, 0.2) is 60.7 Å². The first kappa shape index (κ1) is 14.4. The van der Waals surface area contributed by atoms with Crippen molar-refractivity contribution in [2.45, 2.75) is 13.5 Å². The van der Waals surface area contributed by atoms with Gasteiger partial charge in [0.1, 0.15) is 12.4 Å². The van der Waals surface area contributed by atoms with Gasteiger partial charge in [0.25, 0.3) is 0 Å². The molecule has 1 heterocycles. The predicted octanol–water partition coefficient (Wildman–Crippen LogP) is 5.28. The molecule has 0 aliphatic carbocycles. The summed E-state index contributed by atoms with van der Waals surface area (Å²) in [5.74, 6) is 3.45. The monoisotopic (exact) mass is 304 g/mol. The predicted molar refractivity (Wildman–Crippen MR) is 93.2 cm³/mol. The lowest BCUT2D eigenvalue weighted by atomic mass is 10.1. The Morgan fingerprint density at radius 2 is 1.86 bits per heavy atom. The molecule has 0 saturated carbocycles. The molecule has 108 valence electrons. The van der Waals surface area contributed by atoms with Crippen LogP contribution in [-0.4, -0.2) is 0 Å². The molecule has 2 aromatic carbocycles. The summed E-state index contributed by atoms with van der Waals surface area (Å²) in [6, 6.07) is 20.4. The molecule has 1 nitrogen and oxygen atoms in total. The molecule has 0 bridgehead atoms. The topological polar surface area (TPSA) is 9.23 Å². The van der Waals surface area contributed by atoms with Crippen LogP contribution in [0, 0.1) is 19.3 Å². The number of thiophene rings is 1. The summed E-state index contributed by atoms with van der Waals surface area (Å²) in [6.07, 6.45) is 5.59. The number of aryl methyl sites for hydroxylation is 1. The van der Waals surface area contributed by atoms with Gasteiger partial charge in [-0.25, -0.2) is 0 Å². The summed E-state index contributed by atoms with van der Waals surface area (Å²) in [6.45, 7) is 2.62. The average Bonchev–Trinajstić information content (AvgIpc) is 3.00. The van der Waals surface area contributed by atoms with Crippen molar-refractivity contribution in [1.82, 2.24) is 0 Å². The Morgan fingerprint density at radius 1 is 1.05 bits per heavy atom. The average molecular weight is 304 g/mol. The molecule has 0 N–H and O–H groups in total. The minimum atomic E-state index is 0.516. The molecule has 0 saturated heterocycles. The van der Waals surface area contributed by atoms with Gasteiger partial charge in [0.05, 0.1) is 5.56 Å². The van der Waals surface area contributed by atoms with Crippen LogP contribution in [0.5, 0.6) is 5.75 Å².